The molecule has 0 N–H and O–H groups in total. The number of allylic oxidation sites excluding steroid dienone is 2. The first-order valence-electron chi connectivity index (χ1n) is 10.9. The Morgan fingerprint density at radius 3 is 2.25 bits per heavy atom. The molecule has 0 atom stereocenters. The van der Waals surface area contributed by atoms with Gasteiger partial charge in [0.15, 0.2) is 17.3 Å². The van der Waals surface area contributed by atoms with E-state index in [4.69, 9.17) is 4.74 Å². The van der Waals surface area contributed by atoms with E-state index in [0.717, 1.165) is 26.2 Å². The second-order valence-corrected chi connectivity index (χ2v) is 8.42. The van der Waals surface area contributed by atoms with Crippen LogP contribution in [0.15, 0.2) is 29.0 Å². The van der Waals surface area contributed by atoms with Gasteiger partial charge < -0.3 is 22.3 Å². The number of hydrogen-bond donors (Lipinski definition) is 0. The minimum Gasteiger partial charge on any atom is -0.496 e. The van der Waals surface area contributed by atoms with E-state index in [0.29, 0.717) is 35.4 Å². The predicted molar refractivity (Wildman–Crippen MR) is 120 cm³/mol. The average molecular weight is 446 g/mol. The Morgan fingerprint density at radius 2 is 1.69 bits per heavy atom. The zero-order chi connectivity index (χ0) is 23.7. The molecule has 0 saturated carbocycles. The summed E-state index contributed by atoms with van der Waals surface area (Å²) in [5.74, 6) is -2.06. The Morgan fingerprint density at radius 1 is 1.03 bits per heavy atom. The molecule has 3 heterocycles. The van der Waals surface area contributed by atoms with Crippen LogP contribution in [0.2, 0.25) is 0 Å². The van der Waals surface area contributed by atoms with Gasteiger partial charge in [0.1, 0.15) is 11.5 Å². The van der Waals surface area contributed by atoms with Gasteiger partial charge in [0.05, 0.1) is 18.2 Å². The lowest BCUT2D eigenvalue weighted by Crippen LogP contribution is -2.51. The van der Waals surface area contributed by atoms with Gasteiger partial charge in [0.25, 0.3) is 0 Å². The number of aromatic nitrogens is 1. The summed E-state index contributed by atoms with van der Waals surface area (Å²) in [5.41, 5.74) is 4.30. The van der Waals surface area contributed by atoms with Gasteiger partial charge >= 0.3 is 6.97 Å². The summed E-state index contributed by atoms with van der Waals surface area (Å²) in [6.45, 7) is 6.45. The third-order valence-electron chi connectivity index (χ3n) is 7.02. The smallest absolute Gasteiger partial charge is 0.496 e. The molecular weight excluding hydrogens is 419 g/mol. The first-order chi connectivity index (χ1) is 15.0. The van der Waals surface area contributed by atoms with Gasteiger partial charge in [-0.25, -0.2) is 8.78 Å². The highest BCUT2D eigenvalue weighted by Gasteiger charge is 2.57. The molecule has 4 rings (SSSR count). The summed E-state index contributed by atoms with van der Waals surface area (Å²) in [6, 6.07) is 2.33. The van der Waals surface area contributed by atoms with E-state index in [1.807, 2.05) is 13.8 Å². The average Bonchev–Trinajstić information content (AvgIpc) is 3.15. The van der Waals surface area contributed by atoms with E-state index in [2.05, 4.69) is 0 Å². The number of nitrogens with zero attached hydrogens (tertiary/aromatic N) is 2. The van der Waals surface area contributed by atoms with Crippen LogP contribution in [0.3, 0.4) is 0 Å². The Kier molecular flexibility index (Phi) is 5.18. The Labute approximate surface area is 185 Å². The molecule has 8 heteroatoms. The van der Waals surface area contributed by atoms with Crippen molar-refractivity contribution in [2.45, 2.75) is 54.4 Å². The fourth-order valence-corrected chi connectivity index (χ4v) is 5.65. The summed E-state index contributed by atoms with van der Waals surface area (Å²) >= 11 is 0. The van der Waals surface area contributed by atoms with Gasteiger partial charge in [-0.05, 0) is 62.6 Å². The molecule has 0 fully saturated rings. The normalized spacial score (nSPS) is 17.3. The van der Waals surface area contributed by atoms with Gasteiger partial charge in [-0.1, -0.05) is 13.8 Å². The van der Waals surface area contributed by atoms with Gasteiger partial charge in [-0.15, -0.1) is 0 Å². The van der Waals surface area contributed by atoms with Crippen LogP contribution >= 0.6 is 0 Å². The number of rotatable bonds is 4. The van der Waals surface area contributed by atoms with Crippen molar-refractivity contribution in [3.63, 3.8) is 0 Å². The predicted octanol–water partition coefficient (Wildman–Crippen LogP) is 6.16. The van der Waals surface area contributed by atoms with Crippen LogP contribution in [0.5, 0.6) is 5.75 Å². The SMILES string of the molecule is CCC1=C(C)C2=C(c3c(OC)ccc(F)c3F)c3c(C)c(CC)c(C)n3[B-](F)(F)[N+]2=C1C. The zero-order valence-corrected chi connectivity index (χ0v) is 19.5. The molecule has 0 bridgehead atoms. The summed E-state index contributed by atoms with van der Waals surface area (Å²) in [5, 5.41) is 0. The molecule has 2 aliphatic heterocycles. The molecule has 2 aromatic rings. The van der Waals surface area contributed by atoms with Gasteiger partial charge in [0, 0.05) is 23.8 Å². The molecule has 0 spiro atoms. The van der Waals surface area contributed by atoms with E-state index in [1.165, 1.54) is 13.2 Å². The van der Waals surface area contributed by atoms with Gasteiger partial charge in [-0.3, -0.25) is 0 Å². The summed E-state index contributed by atoms with van der Waals surface area (Å²) in [6.07, 6.45) is 1.10. The van der Waals surface area contributed by atoms with Crippen molar-refractivity contribution in [3.8, 4) is 5.75 Å². The van der Waals surface area contributed by atoms with Crippen LogP contribution in [0.1, 0.15) is 62.2 Å². The minimum atomic E-state index is -4.24. The van der Waals surface area contributed by atoms with Crippen molar-refractivity contribution in [1.29, 1.82) is 0 Å². The maximum atomic E-state index is 16.2. The number of fused-ring (bicyclic) bond motifs is 2. The van der Waals surface area contributed by atoms with Crippen molar-refractivity contribution in [2.75, 3.05) is 7.11 Å². The van der Waals surface area contributed by atoms with E-state index >= 15 is 13.0 Å². The number of methoxy groups -OCH3 is 1. The van der Waals surface area contributed by atoms with E-state index in [9.17, 15) is 4.39 Å². The Balaban J connectivity index is 2.31. The largest absolute Gasteiger partial charge is 0.737 e. The van der Waals surface area contributed by atoms with Crippen molar-refractivity contribution >= 4 is 18.3 Å². The topological polar surface area (TPSA) is 17.2 Å². The standard InChI is InChI=1S/C24H27BF4N2O/c1-8-16-12(3)23-21(20-19(32-7)11-10-18(26)22(20)27)24-13(4)17(9-2)15(6)31(24)25(28,29)30(23)14(16)5/h10-11H,8-9H2,1-7H3. The molecule has 0 aliphatic carbocycles. The lowest BCUT2D eigenvalue weighted by Gasteiger charge is -2.34. The molecule has 2 aliphatic rings. The van der Waals surface area contributed by atoms with Gasteiger partial charge in [-0.2, -0.15) is 0 Å². The van der Waals surface area contributed by atoms with Crippen molar-refractivity contribution < 1.29 is 26.6 Å². The second-order valence-electron chi connectivity index (χ2n) is 8.42. The fraction of sp³-hybridized carbons (Fsp3) is 0.375. The monoisotopic (exact) mass is 446 g/mol. The second kappa shape index (κ2) is 7.39. The Hall–Kier alpha value is -2.77. The maximum Gasteiger partial charge on any atom is 0.737 e. The molecule has 170 valence electrons. The fourth-order valence-electron chi connectivity index (χ4n) is 5.65. The molecule has 0 unspecified atom stereocenters. The molecule has 1 aromatic heterocycles. The van der Waals surface area contributed by atoms with Crippen molar-refractivity contribution in [3.05, 3.63) is 68.7 Å². The Bertz CT molecular complexity index is 1270. The zero-order valence-electron chi connectivity index (χ0n) is 19.5. The van der Waals surface area contributed by atoms with E-state index in [1.54, 1.807) is 27.7 Å². The first-order valence-corrected chi connectivity index (χ1v) is 10.9. The van der Waals surface area contributed by atoms with Crippen LogP contribution in [-0.2, 0) is 6.42 Å². The molecule has 1 aromatic carbocycles. The first kappa shape index (κ1) is 22.4. The van der Waals surface area contributed by atoms with E-state index < -0.39 is 18.6 Å². The molecular formula is C24H27BF4N2O. The molecule has 0 amide bonds. The van der Waals surface area contributed by atoms with E-state index in [-0.39, 0.29) is 28.3 Å². The maximum absolute atomic E-state index is 16.2. The number of benzene rings is 1. The lowest BCUT2D eigenvalue weighted by molar-refractivity contribution is -0.363. The molecule has 0 saturated heterocycles. The number of halogens is 4. The van der Waals surface area contributed by atoms with Crippen LogP contribution < -0.4 is 4.74 Å². The highest BCUT2D eigenvalue weighted by molar-refractivity contribution is 6.58. The van der Waals surface area contributed by atoms with Crippen molar-refractivity contribution in [2.24, 2.45) is 0 Å². The van der Waals surface area contributed by atoms with Crippen LogP contribution in [0.4, 0.5) is 17.4 Å². The third-order valence-corrected chi connectivity index (χ3v) is 7.02. The van der Waals surface area contributed by atoms with Gasteiger partial charge in [0.2, 0.25) is 0 Å². The minimum absolute atomic E-state index is 0.0994. The third kappa shape index (κ3) is 2.64. The quantitative estimate of drug-likeness (QED) is 0.406. The number of ether oxygens (including phenoxy) is 1. The summed E-state index contributed by atoms with van der Waals surface area (Å²) in [7, 11) is 1.36. The molecule has 3 nitrogen and oxygen atoms in total. The number of hydrogen-bond acceptors (Lipinski definition) is 1. The van der Waals surface area contributed by atoms with Crippen molar-refractivity contribution in [1.82, 2.24) is 4.48 Å². The van der Waals surface area contributed by atoms with Crippen LogP contribution in [0.25, 0.3) is 5.57 Å². The highest BCUT2D eigenvalue weighted by atomic mass is 19.2. The van der Waals surface area contributed by atoms with Crippen LogP contribution in [-0.4, -0.2) is 28.8 Å². The van der Waals surface area contributed by atoms with Crippen LogP contribution in [0, 0.1) is 25.5 Å². The highest BCUT2D eigenvalue weighted by Crippen LogP contribution is 2.49. The molecule has 0 radical (unpaired) electrons. The lowest BCUT2D eigenvalue weighted by atomic mass is 9.83. The molecule has 32 heavy (non-hydrogen) atoms. The summed E-state index contributed by atoms with van der Waals surface area (Å²) in [4.78, 5) is 0. The summed E-state index contributed by atoms with van der Waals surface area (Å²) < 4.78 is 69.7.